The van der Waals surface area contributed by atoms with Crippen LogP contribution in [0.5, 0.6) is 0 Å². The summed E-state index contributed by atoms with van der Waals surface area (Å²) in [6, 6.07) is 10.3. The van der Waals surface area contributed by atoms with E-state index in [1.54, 1.807) is 19.9 Å². The number of fused-ring (bicyclic) bond motifs is 1. The number of nitroso groups, excluding NO2 is 1. The van der Waals surface area contributed by atoms with Gasteiger partial charge in [-0.2, -0.15) is 0 Å². The molecular weight excluding hydrogens is 570 g/mol. The fraction of sp³-hybridized carbons (Fsp3) is 0.457. The minimum atomic E-state index is -1.10. The molecule has 0 saturated heterocycles. The fourth-order valence-corrected chi connectivity index (χ4v) is 6.05. The van der Waals surface area contributed by atoms with E-state index in [9.17, 15) is 14.8 Å². The van der Waals surface area contributed by atoms with Crippen molar-refractivity contribution in [2.75, 3.05) is 18.5 Å². The number of benzene rings is 1. The Morgan fingerprint density at radius 1 is 1.22 bits per heavy atom. The Balaban J connectivity index is 1.54. The highest BCUT2D eigenvalue weighted by Crippen LogP contribution is 2.35. The number of ether oxygens (including phenoxy) is 2. The molecule has 2 aromatic rings. The topological polar surface area (TPSA) is 137 Å². The molecule has 1 aliphatic heterocycles. The van der Waals surface area contributed by atoms with E-state index in [0.717, 1.165) is 73.9 Å². The molecule has 2 aliphatic rings. The van der Waals surface area contributed by atoms with Gasteiger partial charge in [0.25, 0.3) is 0 Å². The summed E-state index contributed by atoms with van der Waals surface area (Å²) >= 11 is 0. The van der Waals surface area contributed by atoms with Gasteiger partial charge in [0.15, 0.2) is 0 Å². The smallest absolute Gasteiger partial charge is 0.323 e. The third-order valence-corrected chi connectivity index (χ3v) is 8.47. The zero-order valence-corrected chi connectivity index (χ0v) is 27.0. The normalized spacial score (nSPS) is 16.4. The molecule has 1 aliphatic carbocycles. The lowest BCUT2D eigenvalue weighted by molar-refractivity contribution is -0.114. The Morgan fingerprint density at radius 2 is 2.02 bits per heavy atom. The molecule has 3 N–H and O–H groups in total. The van der Waals surface area contributed by atoms with Gasteiger partial charge in [-0.05, 0) is 99.8 Å². The maximum Gasteiger partial charge on any atom is 0.323 e. The van der Waals surface area contributed by atoms with Crippen molar-refractivity contribution in [2.24, 2.45) is 5.18 Å². The summed E-state index contributed by atoms with van der Waals surface area (Å²) in [5.74, 6) is 0.0297. The van der Waals surface area contributed by atoms with E-state index in [0.29, 0.717) is 24.2 Å². The quantitative estimate of drug-likeness (QED) is 0.0940. The molecule has 0 fully saturated rings. The average molecular weight is 616 g/mol. The highest BCUT2D eigenvalue weighted by molar-refractivity contribution is 6.12. The van der Waals surface area contributed by atoms with Gasteiger partial charge in [0.05, 0.1) is 11.8 Å². The summed E-state index contributed by atoms with van der Waals surface area (Å²) in [6.07, 6.45) is 7.12. The first kappa shape index (κ1) is 33.7. The van der Waals surface area contributed by atoms with E-state index in [1.807, 2.05) is 12.1 Å². The van der Waals surface area contributed by atoms with E-state index < -0.39 is 5.91 Å². The van der Waals surface area contributed by atoms with Crippen molar-refractivity contribution in [1.82, 2.24) is 9.88 Å². The maximum absolute atomic E-state index is 12.0. The van der Waals surface area contributed by atoms with Crippen LogP contribution in [0.15, 0.2) is 64.4 Å². The molecule has 1 aromatic carbocycles. The maximum atomic E-state index is 12.0. The average Bonchev–Trinajstić information content (AvgIpc) is 3.03. The first-order valence-corrected chi connectivity index (χ1v) is 15.7. The summed E-state index contributed by atoms with van der Waals surface area (Å²) < 4.78 is 12.3. The second-order valence-electron chi connectivity index (χ2n) is 11.8. The fourth-order valence-electron chi connectivity index (χ4n) is 6.05. The Morgan fingerprint density at radius 3 is 2.71 bits per heavy atom. The highest BCUT2D eigenvalue weighted by Gasteiger charge is 2.25. The molecule has 0 bridgehead atoms. The number of aromatic nitrogens is 1. The number of aliphatic hydroxyl groups is 1. The van der Waals surface area contributed by atoms with Gasteiger partial charge in [-0.25, -0.2) is 4.98 Å². The largest absolute Gasteiger partial charge is 0.488 e. The molecule has 2 heterocycles. The second-order valence-corrected chi connectivity index (χ2v) is 11.8. The van der Waals surface area contributed by atoms with Crippen LogP contribution in [0.25, 0.3) is 5.57 Å². The number of allylic oxidation sites excluding steroid dienone is 3. The standard InChI is InChI=1S/C35H45N5O5/c1-6-27(16-18-41)40-17-15-28-24(5)26(14-13-25(28)20-40)21-44-33-23(4)9-7-10-29(33)31-11-8-12-32(37-31)38-35(45-22(2)3)30(19-36)34(42)39-43/h8,10-14,19,22,27,36,41H,6-7,9,15-18,20-21H2,1-5H3,(H,37,38)/b35-30-,36-19?. The van der Waals surface area contributed by atoms with Gasteiger partial charge in [-0.1, -0.05) is 31.2 Å². The number of amides is 1. The molecule has 1 atom stereocenters. The van der Waals surface area contributed by atoms with Crippen molar-refractivity contribution < 1.29 is 19.4 Å². The molecule has 10 nitrogen and oxygen atoms in total. The van der Waals surface area contributed by atoms with Crippen molar-refractivity contribution >= 4 is 23.5 Å². The lowest BCUT2D eigenvalue weighted by Crippen LogP contribution is -2.39. The van der Waals surface area contributed by atoms with Crippen LogP contribution in [0.3, 0.4) is 0 Å². The van der Waals surface area contributed by atoms with Crippen LogP contribution in [-0.4, -0.2) is 52.4 Å². The third kappa shape index (κ3) is 8.12. The van der Waals surface area contributed by atoms with Gasteiger partial charge in [-0.3, -0.25) is 9.69 Å². The number of aliphatic hydroxyl groups excluding tert-OH is 1. The molecule has 4 rings (SSSR count). The van der Waals surface area contributed by atoms with Crippen molar-refractivity contribution in [3.8, 4) is 0 Å². The first-order valence-electron chi connectivity index (χ1n) is 15.7. The molecular formula is C35H45N5O5. The van der Waals surface area contributed by atoms with E-state index in [1.165, 1.54) is 16.7 Å². The van der Waals surface area contributed by atoms with Gasteiger partial charge >= 0.3 is 5.91 Å². The molecule has 1 unspecified atom stereocenters. The molecule has 0 radical (unpaired) electrons. The van der Waals surface area contributed by atoms with Crippen LogP contribution in [0.4, 0.5) is 5.82 Å². The van der Waals surface area contributed by atoms with E-state index >= 15 is 0 Å². The Bertz CT molecular complexity index is 1510. The minimum Gasteiger partial charge on any atom is -0.488 e. The monoisotopic (exact) mass is 615 g/mol. The Hall–Kier alpha value is -4.15. The number of carbonyl (C=O) groups is 1. The van der Waals surface area contributed by atoms with E-state index in [2.05, 4.69) is 54.4 Å². The van der Waals surface area contributed by atoms with E-state index in [-0.39, 0.29) is 24.2 Å². The summed E-state index contributed by atoms with van der Waals surface area (Å²) in [4.78, 5) is 30.3. The van der Waals surface area contributed by atoms with E-state index in [4.69, 9.17) is 19.9 Å². The highest BCUT2D eigenvalue weighted by atomic mass is 16.5. The first-order chi connectivity index (χ1) is 21.7. The predicted octanol–water partition coefficient (Wildman–Crippen LogP) is 6.57. The molecule has 10 heteroatoms. The van der Waals surface area contributed by atoms with Crippen LogP contribution in [-0.2, 0) is 33.8 Å². The van der Waals surface area contributed by atoms with Crippen LogP contribution >= 0.6 is 0 Å². The SMILES string of the molecule is CCC(CCO)N1CCc2c(ccc(COC3=C(C)CCC=C3c3cccc(N/C(OC(C)C)=C(\C=N)C(=O)N=O)n3)c2C)C1. The third-order valence-electron chi connectivity index (χ3n) is 8.47. The summed E-state index contributed by atoms with van der Waals surface area (Å²) in [6.45, 7) is 12.6. The van der Waals surface area contributed by atoms with Gasteiger partial charge in [0.2, 0.25) is 5.88 Å². The molecule has 0 spiro atoms. The molecule has 240 valence electrons. The summed E-state index contributed by atoms with van der Waals surface area (Å²) in [5, 5.41) is 22.5. The number of nitrogens with zero attached hydrogens (tertiary/aromatic N) is 3. The second kappa shape index (κ2) is 15.7. The van der Waals surface area contributed by atoms with Crippen LogP contribution in [0.2, 0.25) is 0 Å². The van der Waals surface area contributed by atoms with Crippen LogP contribution in [0.1, 0.15) is 81.3 Å². The lowest BCUT2D eigenvalue weighted by atomic mass is 9.90. The van der Waals surface area contributed by atoms with Crippen molar-refractivity contribution in [1.29, 1.82) is 5.41 Å². The lowest BCUT2D eigenvalue weighted by Gasteiger charge is -2.36. The van der Waals surface area contributed by atoms with Gasteiger partial charge in [-0.15, -0.1) is 4.91 Å². The van der Waals surface area contributed by atoms with Crippen molar-refractivity contribution in [3.63, 3.8) is 0 Å². The molecule has 45 heavy (non-hydrogen) atoms. The molecule has 1 aromatic heterocycles. The van der Waals surface area contributed by atoms with Crippen molar-refractivity contribution in [3.05, 3.63) is 92.1 Å². The Labute approximate surface area is 265 Å². The number of hydrogen-bond donors (Lipinski definition) is 3. The summed E-state index contributed by atoms with van der Waals surface area (Å²) in [7, 11) is 0. The number of carbonyl (C=O) groups excluding carboxylic acids is 1. The van der Waals surface area contributed by atoms with Gasteiger partial charge in [0.1, 0.15) is 23.8 Å². The van der Waals surface area contributed by atoms with Gasteiger partial charge in [0, 0.05) is 42.7 Å². The zero-order valence-electron chi connectivity index (χ0n) is 27.0. The molecule has 0 saturated carbocycles. The van der Waals surface area contributed by atoms with Crippen LogP contribution in [0, 0.1) is 17.2 Å². The van der Waals surface area contributed by atoms with Crippen molar-refractivity contribution in [2.45, 2.75) is 92.0 Å². The number of nitrogens with one attached hydrogen (secondary N) is 2. The number of rotatable bonds is 14. The minimum absolute atomic E-state index is 0.0558. The van der Waals surface area contributed by atoms with Gasteiger partial charge < -0.3 is 25.3 Å². The zero-order chi connectivity index (χ0) is 32.5. The number of pyridine rings is 1. The number of hydrogen-bond acceptors (Lipinski definition) is 9. The molecule has 1 amide bonds. The van der Waals surface area contributed by atoms with Crippen LogP contribution < -0.4 is 5.32 Å². The predicted molar refractivity (Wildman–Crippen MR) is 176 cm³/mol. The summed E-state index contributed by atoms with van der Waals surface area (Å²) in [5.41, 5.74) is 7.62. The Kier molecular flexibility index (Phi) is 11.8. The number of anilines is 1.